The second kappa shape index (κ2) is 11.1. The Morgan fingerprint density at radius 2 is 1.91 bits per heavy atom. The number of nitrogens with zero attached hydrogens (tertiary/aromatic N) is 4. The SMILES string of the molecule is O=C1NNCC(NCCOCCC(=O)N2CCN(c3ncc(Cl)cn3)CC2)C1C(F)(F)F. The maximum atomic E-state index is 13.1. The standard InChI is InChI=1S/C18H25ClF3N7O3/c19-12-9-24-17(25-10-12)29-5-3-28(4-6-29)14(30)1-7-32-8-2-23-13-11-26-27-16(31)15(13)18(20,21)22/h9-10,13,15,23,26H,1-8,11H2,(H,27,31). The van der Waals surface area contributed by atoms with Crippen molar-refractivity contribution in [2.75, 3.05) is 57.4 Å². The van der Waals surface area contributed by atoms with Gasteiger partial charge in [0.1, 0.15) is 0 Å². The van der Waals surface area contributed by atoms with E-state index in [1.54, 1.807) is 4.90 Å². The average Bonchev–Trinajstić information content (AvgIpc) is 2.76. The van der Waals surface area contributed by atoms with Gasteiger partial charge >= 0.3 is 6.18 Å². The van der Waals surface area contributed by atoms with Gasteiger partial charge in [-0.3, -0.25) is 15.0 Å². The zero-order valence-corrected chi connectivity index (χ0v) is 18.0. The molecular weight excluding hydrogens is 455 g/mol. The van der Waals surface area contributed by atoms with Crippen molar-refractivity contribution in [1.82, 2.24) is 31.0 Å². The summed E-state index contributed by atoms with van der Waals surface area (Å²) < 4.78 is 44.6. The van der Waals surface area contributed by atoms with Crippen LogP contribution in [0.5, 0.6) is 0 Å². The van der Waals surface area contributed by atoms with Gasteiger partial charge in [-0.05, 0) is 0 Å². The second-order valence-corrected chi connectivity index (χ2v) is 7.82. The van der Waals surface area contributed by atoms with Crippen LogP contribution in [0.3, 0.4) is 0 Å². The van der Waals surface area contributed by atoms with E-state index in [1.165, 1.54) is 12.4 Å². The van der Waals surface area contributed by atoms with Crippen LogP contribution in [0.2, 0.25) is 5.02 Å². The number of ether oxygens (including phenoxy) is 1. The molecule has 0 radical (unpaired) electrons. The molecule has 178 valence electrons. The van der Waals surface area contributed by atoms with E-state index in [9.17, 15) is 22.8 Å². The monoisotopic (exact) mass is 479 g/mol. The zero-order chi connectivity index (χ0) is 23.1. The van der Waals surface area contributed by atoms with Gasteiger partial charge in [-0.25, -0.2) is 15.4 Å². The van der Waals surface area contributed by atoms with Crippen LogP contribution in [0.1, 0.15) is 6.42 Å². The molecule has 0 aliphatic carbocycles. The summed E-state index contributed by atoms with van der Waals surface area (Å²) in [5.74, 6) is -2.73. The number of halogens is 4. The van der Waals surface area contributed by atoms with Crippen LogP contribution < -0.4 is 21.1 Å². The lowest BCUT2D eigenvalue weighted by atomic mass is 9.96. The Kier molecular flexibility index (Phi) is 8.45. The van der Waals surface area contributed by atoms with Crippen LogP contribution in [0, 0.1) is 5.92 Å². The van der Waals surface area contributed by atoms with Gasteiger partial charge < -0.3 is 19.9 Å². The molecule has 3 heterocycles. The van der Waals surface area contributed by atoms with Gasteiger partial charge in [-0.1, -0.05) is 11.6 Å². The number of aromatic nitrogens is 2. The van der Waals surface area contributed by atoms with E-state index in [-0.39, 0.29) is 38.6 Å². The summed E-state index contributed by atoms with van der Waals surface area (Å²) in [6, 6.07) is -1.09. The van der Waals surface area contributed by atoms with Crippen molar-refractivity contribution in [2.24, 2.45) is 5.92 Å². The maximum Gasteiger partial charge on any atom is 0.402 e. The van der Waals surface area contributed by atoms with Gasteiger partial charge in [0, 0.05) is 45.3 Å². The molecule has 14 heteroatoms. The van der Waals surface area contributed by atoms with E-state index in [4.69, 9.17) is 16.3 Å². The Labute approximate surface area is 187 Å². The number of carbonyl (C=O) groups is 2. The minimum atomic E-state index is -4.64. The largest absolute Gasteiger partial charge is 0.402 e. The molecule has 1 aromatic heterocycles. The smallest absolute Gasteiger partial charge is 0.380 e. The van der Waals surface area contributed by atoms with Crippen molar-refractivity contribution in [3.8, 4) is 0 Å². The zero-order valence-electron chi connectivity index (χ0n) is 17.2. The Balaban J connectivity index is 1.30. The minimum Gasteiger partial charge on any atom is -0.380 e. The molecule has 0 saturated carbocycles. The van der Waals surface area contributed by atoms with Gasteiger partial charge in [-0.2, -0.15) is 13.2 Å². The Hall–Kier alpha value is -2.22. The normalized spacial score (nSPS) is 22.1. The number of hydrogen-bond donors (Lipinski definition) is 3. The van der Waals surface area contributed by atoms with Gasteiger partial charge in [0.2, 0.25) is 17.8 Å². The number of nitrogens with one attached hydrogen (secondary N) is 3. The van der Waals surface area contributed by atoms with Gasteiger partial charge in [-0.15, -0.1) is 0 Å². The number of alkyl halides is 3. The number of anilines is 1. The number of rotatable bonds is 8. The summed E-state index contributed by atoms with van der Waals surface area (Å²) in [7, 11) is 0. The first-order valence-corrected chi connectivity index (χ1v) is 10.5. The molecule has 2 saturated heterocycles. The van der Waals surface area contributed by atoms with Crippen molar-refractivity contribution >= 4 is 29.4 Å². The van der Waals surface area contributed by atoms with E-state index in [0.29, 0.717) is 37.1 Å². The highest BCUT2D eigenvalue weighted by molar-refractivity contribution is 6.30. The third-order valence-corrected chi connectivity index (χ3v) is 5.40. The summed E-state index contributed by atoms with van der Waals surface area (Å²) in [5.41, 5.74) is 4.44. The van der Waals surface area contributed by atoms with Crippen LogP contribution in [0.25, 0.3) is 0 Å². The number of piperazine rings is 1. The summed E-state index contributed by atoms with van der Waals surface area (Å²) in [5, 5.41) is 3.15. The fourth-order valence-corrected chi connectivity index (χ4v) is 3.65. The lowest BCUT2D eigenvalue weighted by molar-refractivity contribution is -0.192. The van der Waals surface area contributed by atoms with Crippen LogP contribution in [-0.2, 0) is 14.3 Å². The van der Waals surface area contributed by atoms with E-state index < -0.39 is 24.0 Å². The molecule has 2 atom stereocenters. The molecule has 0 bridgehead atoms. The Morgan fingerprint density at radius 1 is 1.22 bits per heavy atom. The molecule has 2 amide bonds. The highest BCUT2D eigenvalue weighted by Crippen LogP contribution is 2.30. The highest BCUT2D eigenvalue weighted by atomic mass is 35.5. The lowest BCUT2D eigenvalue weighted by Crippen LogP contribution is -2.63. The van der Waals surface area contributed by atoms with Crippen molar-refractivity contribution < 1.29 is 27.5 Å². The molecule has 2 unspecified atom stereocenters. The third-order valence-electron chi connectivity index (χ3n) is 5.21. The topological polar surface area (TPSA) is 112 Å². The molecule has 2 aliphatic rings. The number of carbonyl (C=O) groups excluding carboxylic acids is 2. The van der Waals surface area contributed by atoms with Crippen molar-refractivity contribution in [3.05, 3.63) is 17.4 Å². The molecular formula is C18H25ClF3N7O3. The fourth-order valence-electron chi connectivity index (χ4n) is 3.55. The van der Waals surface area contributed by atoms with Crippen LogP contribution >= 0.6 is 11.6 Å². The maximum absolute atomic E-state index is 13.1. The molecule has 1 aromatic rings. The predicted molar refractivity (Wildman–Crippen MR) is 109 cm³/mol. The van der Waals surface area contributed by atoms with Crippen molar-refractivity contribution in [2.45, 2.75) is 18.6 Å². The molecule has 0 aromatic carbocycles. The summed E-state index contributed by atoms with van der Waals surface area (Å²) in [4.78, 5) is 35.9. The predicted octanol–water partition coefficient (Wildman–Crippen LogP) is -0.0436. The lowest BCUT2D eigenvalue weighted by Gasteiger charge is -2.34. The fraction of sp³-hybridized carbons (Fsp3) is 0.667. The molecule has 3 rings (SSSR count). The first-order chi connectivity index (χ1) is 15.3. The Morgan fingerprint density at radius 3 is 2.56 bits per heavy atom. The number of amides is 2. The van der Waals surface area contributed by atoms with Crippen molar-refractivity contribution in [3.63, 3.8) is 0 Å². The van der Waals surface area contributed by atoms with E-state index in [2.05, 4.69) is 20.7 Å². The van der Waals surface area contributed by atoms with E-state index in [0.717, 1.165) is 0 Å². The van der Waals surface area contributed by atoms with Gasteiger partial charge in [0.05, 0.1) is 37.1 Å². The first-order valence-electron chi connectivity index (χ1n) is 10.2. The minimum absolute atomic E-state index is 0.0541. The van der Waals surface area contributed by atoms with Crippen LogP contribution in [0.4, 0.5) is 19.1 Å². The van der Waals surface area contributed by atoms with Gasteiger partial charge in [0.25, 0.3) is 0 Å². The molecule has 2 fully saturated rings. The van der Waals surface area contributed by atoms with E-state index in [1.807, 2.05) is 10.3 Å². The van der Waals surface area contributed by atoms with Crippen LogP contribution in [-0.4, -0.2) is 91.4 Å². The molecule has 0 spiro atoms. The molecule has 2 aliphatic heterocycles. The quantitative estimate of drug-likeness (QED) is 0.445. The summed E-state index contributed by atoms with van der Waals surface area (Å²) >= 11 is 5.79. The van der Waals surface area contributed by atoms with E-state index >= 15 is 0 Å². The number of hydrogen-bond acceptors (Lipinski definition) is 8. The van der Waals surface area contributed by atoms with Crippen molar-refractivity contribution in [1.29, 1.82) is 0 Å². The highest BCUT2D eigenvalue weighted by Gasteiger charge is 2.51. The molecule has 3 N–H and O–H groups in total. The summed E-state index contributed by atoms with van der Waals surface area (Å²) in [6.07, 6.45) is -1.41. The first kappa shape index (κ1) is 24.4. The third kappa shape index (κ3) is 6.64. The number of hydrazine groups is 1. The summed E-state index contributed by atoms with van der Waals surface area (Å²) in [6.45, 7) is 2.61. The Bertz CT molecular complexity index is 776. The molecule has 10 nitrogen and oxygen atoms in total. The average molecular weight is 480 g/mol. The molecule has 32 heavy (non-hydrogen) atoms. The second-order valence-electron chi connectivity index (χ2n) is 7.38. The van der Waals surface area contributed by atoms with Gasteiger partial charge in [0.15, 0.2) is 5.92 Å². The van der Waals surface area contributed by atoms with Crippen LogP contribution in [0.15, 0.2) is 12.4 Å².